The monoisotopic (exact) mass is 510 g/mol. The fraction of sp³-hybridized carbons (Fsp3) is 0.185. The highest BCUT2D eigenvalue weighted by molar-refractivity contribution is 7.85. The maximum absolute atomic E-state index is 13.0. The molecular formula is C27H24Cl2N2O2S. The van der Waals surface area contributed by atoms with Crippen molar-refractivity contribution in [3.05, 3.63) is 104 Å². The standard InChI is InChI=1S/C27H24Cl2N2O2S/c1-27(2,3)34(33)30-26(17-8-11-20(28)12-9-17)19-10-13-24-23(15-19)22(16-25(32)31(24)4)18-6-5-7-21(29)14-18/h5-16H,1-4H3. The second-order valence-electron chi connectivity index (χ2n) is 9.01. The van der Waals surface area contributed by atoms with Gasteiger partial charge in [0.2, 0.25) is 0 Å². The maximum Gasteiger partial charge on any atom is 0.251 e. The molecule has 0 N–H and O–H groups in total. The third-order valence-electron chi connectivity index (χ3n) is 5.47. The molecule has 0 aliphatic carbocycles. The van der Waals surface area contributed by atoms with Crippen molar-refractivity contribution in [2.45, 2.75) is 25.5 Å². The van der Waals surface area contributed by atoms with Crippen LogP contribution in [0.1, 0.15) is 31.9 Å². The molecule has 0 aliphatic heterocycles. The van der Waals surface area contributed by atoms with Crippen LogP contribution in [0.15, 0.2) is 82.0 Å². The van der Waals surface area contributed by atoms with E-state index in [4.69, 9.17) is 23.2 Å². The Morgan fingerprint density at radius 1 is 0.882 bits per heavy atom. The van der Waals surface area contributed by atoms with Crippen molar-refractivity contribution >= 4 is 50.8 Å². The predicted molar refractivity (Wildman–Crippen MR) is 145 cm³/mol. The number of halogens is 2. The molecule has 3 aromatic carbocycles. The van der Waals surface area contributed by atoms with Gasteiger partial charge in [-0.25, -0.2) is 4.21 Å². The molecule has 1 atom stereocenters. The molecule has 174 valence electrons. The average molecular weight is 511 g/mol. The van der Waals surface area contributed by atoms with Crippen LogP contribution in [0, 0.1) is 0 Å². The molecule has 0 aliphatic rings. The molecular weight excluding hydrogens is 487 g/mol. The Bertz CT molecular complexity index is 1500. The summed E-state index contributed by atoms with van der Waals surface area (Å²) < 4.78 is 18.7. The zero-order chi connectivity index (χ0) is 24.6. The van der Waals surface area contributed by atoms with Crippen LogP contribution in [0.4, 0.5) is 0 Å². The Labute approximate surface area is 211 Å². The molecule has 1 heterocycles. The van der Waals surface area contributed by atoms with Crippen molar-refractivity contribution in [2.75, 3.05) is 0 Å². The van der Waals surface area contributed by atoms with Crippen molar-refractivity contribution in [3.8, 4) is 11.1 Å². The number of hydrogen-bond acceptors (Lipinski definition) is 2. The number of pyridine rings is 1. The van der Waals surface area contributed by atoms with Gasteiger partial charge in [-0.2, -0.15) is 4.40 Å². The Morgan fingerprint density at radius 2 is 1.56 bits per heavy atom. The molecule has 0 radical (unpaired) electrons. The summed E-state index contributed by atoms with van der Waals surface area (Å²) in [7, 11) is 0.267. The van der Waals surface area contributed by atoms with Gasteiger partial charge in [0.05, 0.1) is 16.0 Å². The minimum absolute atomic E-state index is 0.115. The smallest absolute Gasteiger partial charge is 0.251 e. The van der Waals surface area contributed by atoms with Crippen LogP contribution in [0.5, 0.6) is 0 Å². The molecule has 4 aromatic rings. The fourth-order valence-electron chi connectivity index (χ4n) is 3.60. The zero-order valence-corrected chi connectivity index (χ0v) is 21.6. The lowest BCUT2D eigenvalue weighted by atomic mass is 9.96. The van der Waals surface area contributed by atoms with Crippen LogP contribution < -0.4 is 5.56 Å². The van der Waals surface area contributed by atoms with Gasteiger partial charge >= 0.3 is 0 Å². The van der Waals surface area contributed by atoms with Crippen molar-refractivity contribution < 1.29 is 4.21 Å². The van der Waals surface area contributed by atoms with Crippen molar-refractivity contribution in [1.82, 2.24) is 4.57 Å². The van der Waals surface area contributed by atoms with E-state index < -0.39 is 15.7 Å². The van der Waals surface area contributed by atoms with Crippen LogP contribution in [-0.4, -0.2) is 19.2 Å². The number of nitrogens with zero attached hydrogens (tertiary/aromatic N) is 2. The van der Waals surface area contributed by atoms with Crippen molar-refractivity contribution in [2.24, 2.45) is 11.4 Å². The van der Waals surface area contributed by atoms with Crippen molar-refractivity contribution in [1.29, 1.82) is 0 Å². The average Bonchev–Trinajstić information content (AvgIpc) is 2.79. The van der Waals surface area contributed by atoms with E-state index in [1.807, 2.05) is 69.3 Å². The van der Waals surface area contributed by atoms with Gasteiger partial charge in [-0.3, -0.25) is 4.79 Å². The molecule has 0 bridgehead atoms. The molecule has 1 aromatic heterocycles. The largest absolute Gasteiger partial charge is 0.311 e. The SMILES string of the molecule is Cn1c(=O)cc(-c2cccc(Cl)c2)c2cc(C(=NS(=O)C(C)(C)C)c3ccc(Cl)cc3)ccc21. The highest BCUT2D eigenvalue weighted by Crippen LogP contribution is 2.30. The summed E-state index contributed by atoms with van der Waals surface area (Å²) in [6.45, 7) is 5.67. The lowest BCUT2D eigenvalue weighted by Gasteiger charge is -2.17. The maximum atomic E-state index is 13.0. The second-order valence-corrected chi connectivity index (χ2v) is 11.8. The van der Waals surface area contributed by atoms with Gasteiger partial charge in [-0.05, 0) is 68.3 Å². The summed E-state index contributed by atoms with van der Waals surface area (Å²) >= 11 is 12.4. The summed E-state index contributed by atoms with van der Waals surface area (Å²) in [6.07, 6.45) is 0. The van der Waals surface area contributed by atoms with Crippen LogP contribution in [0.2, 0.25) is 10.0 Å². The van der Waals surface area contributed by atoms with Gasteiger partial charge in [0.15, 0.2) is 0 Å². The van der Waals surface area contributed by atoms with Gasteiger partial charge < -0.3 is 4.57 Å². The molecule has 0 fully saturated rings. The topological polar surface area (TPSA) is 51.4 Å². The molecule has 0 saturated heterocycles. The van der Waals surface area contributed by atoms with Crippen LogP contribution in [-0.2, 0) is 18.0 Å². The normalized spacial score (nSPS) is 13.3. The lowest BCUT2D eigenvalue weighted by molar-refractivity contribution is 0.650. The second kappa shape index (κ2) is 9.49. The molecule has 34 heavy (non-hydrogen) atoms. The summed E-state index contributed by atoms with van der Waals surface area (Å²) in [5.74, 6) is 0. The first-order valence-corrected chi connectivity index (χ1v) is 12.6. The quantitative estimate of drug-likeness (QED) is 0.283. The molecule has 1 unspecified atom stereocenters. The van der Waals surface area contributed by atoms with Crippen LogP contribution in [0.25, 0.3) is 22.0 Å². The first-order valence-electron chi connectivity index (χ1n) is 10.7. The molecule has 4 rings (SSSR count). The molecule has 4 nitrogen and oxygen atoms in total. The van der Waals surface area contributed by atoms with Crippen molar-refractivity contribution in [3.63, 3.8) is 0 Å². The van der Waals surface area contributed by atoms with Gasteiger partial charge in [0.25, 0.3) is 5.56 Å². The van der Waals surface area contributed by atoms with E-state index in [0.717, 1.165) is 33.2 Å². The highest BCUT2D eigenvalue weighted by Gasteiger charge is 2.21. The third-order valence-corrected chi connectivity index (χ3v) is 7.35. The Kier molecular flexibility index (Phi) is 6.81. The first kappa shape index (κ1) is 24.4. The molecule has 0 amide bonds. The highest BCUT2D eigenvalue weighted by atomic mass is 35.5. The Hall–Kier alpha value is -2.73. The summed E-state index contributed by atoms with van der Waals surface area (Å²) in [5.41, 5.74) is 4.46. The number of aromatic nitrogens is 1. The van der Waals surface area contributed by atoms with Gasteiger partial charge in [0.1, 0.15) is 11.0 Å². The summed E-state index contributed by atoms with van der Waals surface area (Å²) in [4.78, 5) is 12.7. The molecule has 7 heteroatoms. The van der Waals surface area contributed by atoms with Gasteiger partial charge in [-0.1, -0.05) is 53.5 Å². The lowest BCUT2D eigenvalue weighted by Crippen LogP contribution is -2.21. The molecule has 0 saturated carbocycles. The third kappa shape index (κ3) is 5.02. The zero-order valence-electron chi connectivity index (χ0n) is 19.3. The molecule has 0 spiro atoms. The van der Waals surface area contributed by atoms with E-state index >= 15 is 0 Å². The van der Waals surface area contributed by atoms with E-state index in [2.05, 4.69) is 4.40 Å². The number of fused-ring (bicyclic) bond motifs is 1. The van der Waals surface area contributed by atoms with Gasteiger partial charge in [0, 0.05) is 39.7 Å². The van der Waals surface area contributed by atoms with E-state index in [9.17, 15) is 9.00 Å². The minimum atomic E-state index is -1.48. The number of hydrogen-bond donors (Lipinski definition) is 0. The fourth-order valence-corrected chi connectivity index (χ4v) is 4.57. The summed E-state index contributed by atoms with van der Waals surface area (Å²) in [6, 6.07) is 22.1. The Morgan fingerprint density at radius 3 is 2.21 bits per heavy atom. The first-order chi connectivity index (χ1) is 16.0. The van der Waals surface area contributed by atoms with E-state index in [1.54, 1.807) is 35.9 Å². The van der Waals surface area contributed by atoms with E-state index in [-0.39, 0.29) is 5.56 Å². The minimum Gasteiger partial charge on any atom is -0.311 e. The van der Waals surface area contributed by atoms with E-state index in [0.29, 0.717) is 15.8 Å². The predicted octanol–water partition coefficient (Wildman–Crippen LogP) is 6.81. The number of aryl methyl sites for hydroxylation is 1. The van der Waals surface area contributed by atoms with Crippen LogP contribution in [0.3, 0.4) is 0 Å². The Balaban J connectivity index is 2.01. The van der Waals surface area contributed by atoms with Crippen LogP contribution >= 0.6 is 23.2 Å². The van der Waals surface area contributed by atoms with Gasteiger partial charge in [-0.15, -0.1) is 0 Å². The van der Waals surface area contributed by atoms with E-state index in [1.165, 1.54) is 0 Å². The number of rotatable bonds is 4. The summed E-state index contributed by atoms with van der Waals surface area (Å²) in [5, 5.41) is 2.06. The number of benzene rings is 3.